The van der Waals surface area contributed by atoms with Crippen LogP contribution in [0.25, 0.3) is 11.2 Å². The standard InChI is InChI=1S/C20H21ClF3N7/c21-12-6-11(20(22,23)24)7-14(8-12)28-19-29-16-10-26-18(27-13-2-1-3-13)30-17(16)31(19)15-4-5-25-9-15/h6-8,10,13,15,25H,1-5,9H2,(H,28,29)(H,26,27,30)/t15-/m1/s1. The van der Waals surface area contributed by atoms with Gasteiger partial charge in [-0.05, 0) is 50.4 Å². The molecule has 3 heterocycles. The van der Waals surface area contributed by atoms with Crippen LogP contribution in [0.1, 0.15) is 37.3 Å². The lowest BCUT2D eigenvalue weighted by Gasteiger charge is -2.26. The maximum atomic E-state index is 13.2. The maximum absolute atomic E-state index is 13.2. The number of hydrogen-bond acceptors (Lipinski definition) is 6. The summed E-state index contributed by atoms with van der Waals surface area (Å²) in [5, 5.41) is 9.67. The van der Waals surface area contributed by atoms with Crippen molar-refractivity contribution in [2.45, 2.75) is 43.9 Å². The van der Waals surface area contributed by atoms with E-state index < -0.39 is 11.7 Å². The fourth-order valence-electron chi connectivity index (χ4n) is 3.94. The Labute approximate surface area is 181 Å². The molecule has 1 aliphatic heterocycles. The number of nitrogens with zero attached hydrogens (tertiary/aromatic N) is 4. The van der Waals surface area contributed by atoms with Gasteiger partial charge in [-0.3, -0.25) is 4.57 Å². The Balaban J connectivity index is 1.54. The summed E-state index contributed by atoms with van der Waals surface area (Å²) in [7, 11) is 0. The van der Waals surface area contributed by atoms with E-state index in [9.17, 15) is 13.2 Å². The van der Waals surface area contributed by atoms with Crippen LogP contribution < -0.4 is 16.0 Å². The van der Waals surface area contributed by atoms with Crippen LogP contribution >= 0.6 is 11.6 Å². The quantitative estimate of drug-likeness (QED) is 0.520. The molecule has 0 unspecified atom stereocenters. The van der Waals surface area contributed by atoms with Crippen LogP contribution in [0.3, 0.4) is 0 Å². The molecule has 7 nitrogen and oxygen atoms in total. The summed E-state index contributed by atoms with van der Waals surface area (Å²) in [6, 6.07) is 3.83. The van der Waals surface area contributed by atoms with Gasteiger partial charge < -0.3 is 16.0 Å². The van der Waals surface area contributed by atoms with Gasteiger partial charge in [0.2, 0.25) is 11.9 Å². The molecule has 31 heavy (non-hydrogen) atoms. The van der Waals surface area contributed by atoms with Crippen molar-refractivity contribution in [2.24, 2.45) is 0 Å². The monoisotopic (exact) mass is 451 g/mol. The van der Waals surface area contributed by atoms with E-state index in [0.29, 0.717) is 29.1 Å². The van der Waals surface area contributed by atoms with Gasteiger partial charge in [-0.1, -0.05) is 11.6 Å². The highest BCUT2D eigenvalue weighted by molar-refractivity contribution is 6.31. The average molecular weight is 452 g/mol. The molecule has 2 fully saturated rings. The molecular weight excluding hydrogens is 431 g/mol. The predicted octanol–water partition coefficient (Wildman–Crippen LogP) is 4.74. The summed E-state index contributed by atoms with van der Waals surface area (Å²) in [6.07, 6.45) is 1.39. The molecule has 3 aromatic rings. The lowest BCUT2D eigenvalue weighted by atomic mass is 9.93. The van der Waals surface area contributed by atoms with Gasteiger partial charge in [-0.15, -0.1) is 0 Å². The highest BCUT2D eigenvalue weighted by Crippen LogP contribution is 2.35. The Bertz CT molecular complexity index is 1100. The van der Waals surface area contributed by atoms with Gasteiger partial charge in [0.05, 0.1) is 17.8 Å². The number of halogens is 4. The lowest BCUT2D eigenvalue weighted by molar-refractivity contribution is -0.137. The lowest BCUT2D eigenvalue weighted by Crippen LogP contribution is -2.28. The predicted molar refractivity (Wildman–Crippen MR) is 113 cm³/mol. The minimum Gasteiger partial charge on any atom is -0.351 e. The normalized spacial score (nSPS) is 19.5. The number of rotatable bonds is 5. The molecule has 1 saturated carbocycles. The average Bonchev–Trinajstić information content (AvgIpc) is 3.30. The molecular formula is C20H21ClF3N7. The van der Waals surface area contributed by atoms with E-state index in [0.717, 1.165) is 44.5 Å². The summed E-state index contributed by atoms with van der Waals surface area (Å²) in [5.41, 5.74) is 0.611. The second-order valence-electron chi connectivity index (χ2n) is 7.98. The second-order valence-corrected chi connectivity index (χ2v) is 8.41. The molecule has 1 atom stereocenters. The van der Waals surface area contributed by atoms with Gasteiger partial charge in [-0.2, -0.15) is 18.2 Å². The largest absolute Gasteiger partial charge is 0.416 e. The number of alkyl halides is 3. The van der Waals surface area contributed by atoms with Crippen LogP contribution in [-0.2, 0) is 6.18 Å². The molecule has 1 aliphatic carbocycles. The first-order chi connectivity index (χ1) is 14.9. The second kappa shape index (κ2) is 7.83. The zero-order valence-corrected chi connectivity index (χ0v) is 17.3. The molecule has 0 radical (unpaired) electrons. The number of imidazole rings is 1. The third-order valence-corrected chi connectivity index (χ3v) is 5.97. The summed E-state index contributed by atoms with van der Waals surface area (Å²) in [4.78, 5) is 13.6. The van der Waals surface area contributed by atoms with Crippen LogP contribution in [0.15, 0.2) is 24.4 Å². The zero-order chi connectivity index (χ0) is 21.6. The molecule has 1 saturated heterocycles. The highest BCUT2D eigenvalue weighted by atomic mass is 35.5. The van der Waals surface area contributed by atoms with E-state index in [2.05, 4.69) is 30.9 Å². The van der Waals surface area contributed by atoms with Crippen molar-refractivity contribution >= 4 is 40.3 Å². The smallest absolute Gasteiger partial charge is 0.351 e. The fourth-order valence-corrected chi connectivity index (χ4v) is 4.18. The Morgan fingerprint density at radius 2 is 1.97 bits per heavy atom. The van der Waals surface area contributed by atoms with E-state index in [-0.39, 0.29) is 16.8 Å². The van der Waals surface area contributed by atoms with Gasteiger partial charge in [0.1, 0.15) is 5.52 Å². The Morgan fingerprint density at radius 1 is 1.13 bits per heavy atom. The van der Waals surface area contributed by atoms with E-state index >= 15 is 0 Å². The van der Waals surface area contributed by atoms with Crippen LogP contribution in [-0.4, -0.2) is 38.7 Å². The highest BCUT2D eigenvalue weighted by Gasteiger charge is 2.31. The van der Waals surface area contributed by atoms with E-state index in [1.165, 1.54) is 12.5 Å². The number of fused-ring (bicyclic) bond motifs is 1. The molecule has 2 aromatic heterocycles. The van der Waals surface area contributed by atoms with E-state index in [1.54, 1.807) is 6.20 Å². The van der Waals surface area contributed by atoms with Crippen molar-refractivity contribution in [3.63, 3.8) is 0 Å². The SMILES string of the molecule is FC(F)(F)c1cc(Cl)cc(Nc2nc3cnc(NC4CCC4)nc3n2[C@@H]2CCNC2)c1. The van der Waals surface area contributed by atoms with Gasteiger partial charge >= 0.3 is 6.18 Å². The summed E-state index contributed by atoms with van der Waals surface area (Å²) < 4.78 is 41.6. The molecule has 11 heteroatoms. The molecule has 0 spiro atoms. The zero-order valence-electron chi connectivity index (χ0n) is 16.5. The first-order valence-electron chi connectivity index (χ1n) is 10.2. The van der Waals surface area contributed by atoms with Gasteiger partial charge in [0.15, 0.2) is 5.65 Å². The first kappa shape index (κ1) is 20.3. The maximum Gasteiger partial charge on any atom is 0.416 e. The molecule has 3 N–H and O–H groups in total. The summed E-state index contributed by atoms with van der Waals surface area (Å²) in [5.74, 6) is 0.951. The van der Waals surface area contributed by atoms with Crippen LogP contribution in [0.5, 0.6) is 0 Å². The van der Waals surface area contributed by atoms with Gasteiger partial charge in [-0.25, -0.2) is 9.97 Å². The van der Waals surface area contributed by atoms with Gasteiger partial charge in [0.25, 0.3) is 0 Å². The Hall–Kier alpha value is -2.59. The van der Waals surface area contributed by atoms with Crippen LogP contribution in [0.2, 0.25) is 5.02 Å². The number of anilines is 3. The minimum absolute atomic E-state index is 0.00528. The molecule has 164 valence electrons. The topological polar surface area (TPSA) is 79.7 Å². The van der Waals surface area contributed by atoms with Crippen molar-refractivity contribution in [1.29, 1.82) is 0 Å². The van der Waals surface area contributed by atoms with E-state index in [4.69, 9.17) is 11.6 Å². The molecule has 1 aromatic carbocycles. The Kier molecular flexibility index (Phi) is 5.13. The fraction of sp³-hybridized carbons (Fsp3) is 0.450. The number of benzene rings is 1. The minimum atomic E-state index is -4.50. The molecule has 0 amide bonds. The number of aromatic nitrogens is 4. The van der Waals surface area contributed by atoms with E-state index in [1.807, 2.05) is 4.57 Å². The third kappa shape index (κ3) is 4.14. The van der Waals surface area contributed by atoms with Gasteiger partial charge in [0, 0.05) is 23.3 Å². The van der Waals surface area contributed by atoms with Crippen molar-refractivity contribution in [3.8, 4) is 0 Å². The van der Waals surface area contributed by atoms with Crippen LogP contribution in [0.4, 0.5) is 30.8 Å². The van der Waals surface area contributed by atoms with Crippen molar-refractivity contribution in [2.75, 3.05) is 23.7 Å². The van der Waals surface area contributed by atoms with Crippen molar-refractivity contribution in [1.82, 2.24) is 24.8 Å². The number of nitrogens with one attached hydrogen (secondary N) is 3. The van der Waals surface area contributed by atoms with Crippen molar-refractivity contribution in [3.05, 3.63) is 35.0 Å². The number of hydrogen-bond donors (Lipinski definition) is 3. The summed E-state index contributed by atoms with van der Waals surface area (Å²) >= 11 is 5.95. The van der Waals surface area contributed by atoms with Crippen molar-refractivity contribution < 1.29 is 13.2 Å². The molecule has 2 aliphatic rings. The molecule has 5 rings (SSSR count). The summed E-state index contributed by atoms with van der Waals surface area (Å²) in [6.45, 7) is 1.57. The van der Waals surface area contributed by atoms with Crippen LogP contribution in [0, 0.1) is 0 Å². The Morgan fingerprint density at radius 3 is 2.65 bits per heavy atom. The third-order valence-electron chi connectivity index (χ3n) is 5.75. The molecule has 0 bridgehead atoms. The first-order valence-corrected chi connectivity index (χ1v) is 10.6.